The number of benzene rings is 1. The molecule has 0 spiro atoms. The SMILES string of the molecule is O=C1NCCN(Cc2ccoc2)[C@H]1CC(=O)N1CCc2ccccc2C1. The molecule has 1 aromatic heterocycles. The Labute approximate surface area is 152 Å². The Morgan fingerprint density at radius 3 is 2.85 bits per heavy atom. The number of nitrogens with zero attached hydrogens (tertiary/aromatic N) is 2. The number of rotatable bonds is 4. The Balaban J connectivity index is 1.44. The molecule has 0 bridgehead atoms. The van der Waals surface area contributed by atoms with Crippen LogP contribution in [0.5, 0.6) is 0 Å². The first-order valence-electron chi connectivity index (χ1n) is 9.08. The Hall–Kier alpha value is -2.60. The van der Waals surface area contributed by atoms with E-state index in [0.717, 1.165) is 18.5 Å². The number of hydrogen-bond acceptors (Lipinski definition) is 4. The van der Waals surface area contributed by atoms with Crippen LogP contribution in [0.25, 0.3) is 0 Å². The molecule has 3 heterocycles. The Bertz CT molecular complexity index is 787. The molecule has 2 aromatic rings. The van der Waals surface area contributed by atoms with Gasteiger partial charge in [0.25, 0.3) is 0 Å². The number of nitrogens with one attached hydrogen (secondary N) is 1. The van der Waals surface area contributed by atoms with E-state index >= 15 is 0 Å². The lowest BCUT2D eigenvalue weighted by Gasteiger charge is -2.36. The van der Waals surface area contributed by atoms with Crippen LogP contribution in [0.3, 0.4) is 0 Å². The molecule has 0 unspecified atom stereocenters. The van der Waals surface area contributed by atoms with Gasteiger partial charge in [0.1, 0.15) is 0 Å². The number of carbonyl (C=O) groups excluding carboxylic acids is 2. The second-order valence-corrected chi connectivity index (χ2v) is 6.95. The Morgan fingerprint density at radius 2 is 2.04 bits per heavy atom. The molecule has 1 aromatic carbocycles. The highest BCUT2D eigenvalue weighted by molar-refractivity contribution is 5.89. The maximum absolute atomic E-state index is 12.9. The minimum absolute atomic E-state index is 0.0405. The van der Waals surface area contributed by atoms with E-state index in [9.17, 15) is 9.59 Å². The van der Waals surface area contributed by atoms with Crippen LogP contribution >= 0.6 is 0 Å². The van der Waals surface area contributed by atoms with Crippen molar-refractivity contribution in [3.63, 3.8) is 0 Å². The first-order chi connectivity index (χ1) is 12.7. The van der Waals surface area contributed by atoms with Gasteiger partial charge in [0.2, 0.25) is 11.8 Å². The second-order valence-electron chi connectivity index (χ2n) is 6.95. The van der Waals surface area contributed by atoms with Crippen LogP contribution in [0.15, 0.2) is 47.3 Å². The van der Waals surface area contributed by atoms with Crippen molar-refractivity contribution in [3.05, 3.63) is 59.5 Å². The number of fused-ring (bicyclic) bond motifs is 1. The lowest BCUT2D eigenvalue weighted by atomic mass is 9.99. The summed E-state index contributed by atoms with van der Waals surface area (Å²) in [5.41, 5.74) is 3.54. The molecule has 1 atom stereocenters. The summed E-state index contributed by atoms with van der Waals surface area (Å²) in [6.07, 6.45) is 4.40. The highest BCUT2D eigenvalue weighted by Crippen LogP contribution is 2.21. The van der Waals surface area contributed by atoms with Crippen molar-refractivity contribution in [2.24, 2.45) is 0 Å². The van der Waals surface area contributed by atoms with E-state index in [0.29, 0.717) is 26.2 Å². The number of amides is 2. The van der Waals surface area contributed by atoms with E-state index in [-0.39, 0.29) is 18.2 Å². The fourth-order valence-electron chi connectivity index (χ4n) is 3.79. The molecule has 2 amide bonds. The van der Waals surface area contributed by atoms with E-state index in [1.165, 1.54) is 11.1 Å². The topological polar surface area (TPSA) is 65.8 Å². The molecule has 1 saturated heterocycles. The van der Waals surface area contributed by atoms with Crippen LogP contribution in [0, 0.1) is 0 Å². The summed E-state index contributed by atoms with van der Waals surface area (Å²) in [7, 11) is 0. The third-order valence-corrected chi connectivity index (χ3v) is 5.26. The van der Waals surface area contributed by atoms with Crippen molar-refractivity contribution < 1.29 is 14.0 Å². The molecule has 0 radical (unpaired) electrons. The standard InChI is InChI=1S/C20H23N3O3/c24-19(23-8-5-16-3-1-2-4-17(16)13-23)11-18-20(25)21-7-9-22(18)12-15-6-10-26-14-15/h1-4,6,10,14,18H,5,7-9,11-13H2,(H,21,25)/t18-/m0/s1. The van der Waals surface area contributed by atoms with Gasteiger partial charge in [-0.1, -0.05) is 24.3 Å². The third kappa shape index (κ3) is 3.51. The number of furan rings is 1. The molecule has 136 valence electrons. The average Bonchev–Trinajstić information content (AvgIpc) is 3.17. The van der Waals surface area contributed by atoms with Gasteiger partial charge in [-0.15, -0.1) is 0 Å². The highest BCUT2D eigenvalue weighted by atomic mass is 16.3. The zero-order valence-corrected chi connectivity index (χ0v) is 14.7. The van der Waals surface area contributed by atoms with Gasteiger partial charge in [0, 0.05) is 38.3 Å². The van der Waals surface area contributed by atoms with Crippen LogP contribution in [0.4, 0.5) is 0 Å². The fourth-order valence-corrected chi connectivity index (χ4v) is 3.79. The van der Waals surface area contributed by atoms with Gasteiger partial charge in [-0.25, -0.2) is 0 Å². The summed E-state index contributed by atoms with van der Waals surface area (Å²) >= 11 is 0. The van der Waals surface area contributed by atoms with Gasteiger partial charge in [0.15, 0.2) is 0 Å². The zero-order chi connectivity index (χ0) is 17.9. The molecule has 4 rings (SSSR count). The fraction of sp³-hybridized carbons (Fsp3) is 0.400. The van der Waals surface area contributed by atoms with Crippen molar-refractivity contribution >= 4 is 11.8 Å². The number of piperazine rings is 1. The van der Waals surface area contributed by atoms with Crippen molar-refractivity contribution in [2.75, 3.05) is 19.6 Å². The lowest BCUT2D eigenvalue weighted by molar-refractivity contribution is -0.139. The van der Waals surface area contributed by atoms with E-state index in [1.54, 1.807) is 12.5 Å². The number of hydrogen-bond donors (Lipinski definition) is 1. The first-order valence-corrected chi connectivity index (χ1v) is 9.08. The minimum Gasteiger partial charge on any atom is -0.472 e. The summed E-state index contributed by atoms with van der Waals surface area (Å²) < 4.78 is 5.13. The van der Waals surface area contributed by atoms with E-state index in [2.05, 4.69) is 22.3 Å². The van der Waals surface area contributed by atoms with Gasteiger partial charge < -0.3 is 14.6 Å². The average molecular weight is 353 g/mol. The van der Waals surface area contributed by atoms with Crippen LogP contribution in [-0.2, 0) is 29.1 Å². The molecule has 0 aliphatic carbocycles. The monoisotopic (exact) mass is 353 g/mol. The quantitative estimate of drug-likeness (QED) is 0.906. The smallest absolute Gasteiger partial charge is 0.237 e. The van der Waals surface area contributed by atoms with Crippen LogP contribution in [-0.4, -0.2) is 47.3 Å². The number of carbonyl (C=O) groups is 2. The van der Waals surface area contributed by atoms with Gasteiger partial charge in [0.05, 0.1) is 25.0 Å². The largest absolute Gasteiger partial charge is 0.472 e. The maximum atomic E-state index is 12.9. The second kappa shape index (κ2) is 7.33. The molecule has 1 N–H and O–H groups in total. The zero-order valence-electron chi connectivity index (χ0n) is 14.7. The third-order valence-electron chi connectivity index (χ3n) is 5.26. The van der Waals surface area contributed by atoms with Gasteiger partial charge in [-0.2, -0.15) is 0 Å². The van der Waals surface area contributed by atoms with Crippen LogP contribution < -0.4 is 5.32 Å². The Morgan fingerprint density at radius 1 is 1.19 bits per heavy atom. The van der Waals surface area contributed by atoms with Crippen molar-refractivity contribution in [1.82, 2.24) is 15.1 Å². The first kappa shape index (κ1) is 16.8. The summed E-state index contributed by atoms with van der Waals surface area (Å²) in [5, 5.41) is 2.89. The summed E-state index contributed by atoms with van der Waals surface area (Å²) in [4.78, 5) is 29.2. The molecule has 1 fully saturated rings. The normalized spacial score (nSPS) is 20.5. The highest BCUT2D eigenvalue weighted by Gasteiger charge is 2.33. The molecule has 6 nitrogen and oxygen atoms in total. The van der Waals surface area contributed by atoms with Crippen molar-refractivity contribution in [2.45, 2.75) is 32.0 Å². The molecule has 2 aliphatic rings. The van der Waals surface area contributed by atoms with Gasteiger partial charge in [-0.05, 0) is 23.6 Å². The van der Waals surface area contributed by atoms with Crippen LogP contribution in [0.2, 0.25) is 0 Å². The molecule has 2 aliphatic heterocycles. The molecule has 6 heteroatoms. The van der Waals surface area contributed by atoms with E-state index < -0.39 is 6.04 Å². The molecule has 0 saturated carbocycles. The van der Waals surface area contributed by atoms with Crippen molar-refractivity contribution in [1.29, 1.82) is 0 Å². The van der Waals surface area contributed by atoms with Crippen LogP contribution in [0.1, 0.15) is 23.1 Å². The van der Waals surface area contributed by atoms with Crippen molar-refractivity contribution in [3.8, 4) is 0 Å². The lowest BCUT2D eigenvalue weighted by Crippen LogP contribution is -2.56. The maximum Gasteiger partial charge on any atom is 0.237 e. The summed E-state index contributed by atoms with van der Waals surface area (Å²) in [5.74, 6) is -0.0238. The summed E-state index contributed by atoms with van der Waals surface area (Å²) in [6, 6.07) is 9.71. The molecule has 26 heavy (non-hydrogen) atoms. The molecular formula is C20H23N3O3. The molecular weight excluding hydrogens is 330 g/mol. The predicted molar refractivity (Wildman–Crippen MR) is 96.1 cm³/mol. The summed E-state index contributed by atoms with van der Waals surface area (Å²) in [6.45, 7) is 3.30. The van der Waals surface area contributed by atoms with E-state index in [1.807, 2.05) is 23.1 Å². The van der Waals surface area contributed by atoms with E-state index in [4.69, 9.17) is 4.42 Å². The minimum atomic E-state index is -0.427. The van der Waals surface area contributed by atoms with Gasteiger partial charge in [-0.3, -0.25) is 14.5 Å². The predicted octanol–water partition coefficient (Wildman–Crippen LogP) is 1.55. The Kier molecular flexibility index (Phi) is 4.75. The van der Waals surface area contributed by atoms with Gasteiger partial charge >= 0.3 is 0 Å².